The number of fused-ring (bicyclic) bond motifs is 1. The van der Waals surface area contributed by atoms with Gasteiger partial charge in [-0.15, -0.1) is 0 Å². The van der Waals surface area contributed by atoms with Crippen LogP contribution < -0.4 is 15.4 Å². The Labute approximate surface area is 169 Å². The number of ether oxygens (including phenoxy) is 1. The van der Waals surface area contributed by atoms with E-state index < -0.39 is 5.41 Å². The van der Waals surface area contributed by atoms with Crippen molar-refractivity contribution in [2.45, 2.75) is 13.8 Å². The van der Waals surface area contributed by atoms with Crippen molar-refractivity contribution < 1.29 is 14.3 Å². The molecule has 0 unspecified atom stereocenters. The van der Waals surface area contributed by atoms with Crippen LogP contribution in [0.5, 0.6) is 5.75 Å². The first-order valence-electron chi connectivity index (χ1n) is 9.47. The molecule has 0 aliphatic carbocycles. The van der Waals surface area contributed by atoms with Crippen LogP contribution in [-0.2, 0) is 4.79 Å². The van der Waals surface area contributed by atoms with Crippen LogP contribution in [-0.4, -0.2) is 18.4 Å². The first-order valence-corrected chi connectivity index (χ1v) is 9.47. The average molecular weight is 386 g/mol. The quantitative estimate of drug-likeness (QED) is 0.668. The molecule has 0 aromatic heterocycles. The van der Waals surface area contributed by atoms with Crippen LogP contribution in [0.3, 0.4) is 0 Å². The van der Waals surface area contributed by atoms with Gasteiger partial charge in [0.1, 0.15) is 12.4 Å². The lowest BCUT2D eigenvalue weighted by Gasteiger charge is -2.18. The second-order valence-corrected chi connectivity index (χ2v) is 7.74. The zero-order chi connectivity index (χ0) is 20.4. The van der Waals surface area contributed by atoms with Crippen molar-refractivity contribution in [3.8, 4) is 16.9 Å². The van der Waals surface area contributed by atoms with E-state index >= 15 is 0 Å². The van der Waals surface area contributed by atoms with Gasteiger partial charge >= 0.3 is 0 Å². The number of hydrogen-bond acceptors (Lipinski definition) is 3. The van der Waals surface area contributed by atoms with Crippen molar-refractivity contribution in [2.24, 2.45) is 5.41 Å². The molecule has 3 aromatic carbocycles. The van der Waals surface area contributed by atoms with Gasteiger partial charge in [-0.3, -0.25) is 9.59 Å². The Morgan fingerprint density at radius 1 is 0.966 bits per heavy atom. The van der Waals surface area contributed by atoms with E-state index in [4.69, 9.17) is 4.74 Å². The Balaban J connectivity index is 1.49. The number of carbonyl (C=O) groups is 2. The first kappa shape index (κ1) is 18.7. The van der Waals surface area contributed by atoms with Crippen LogP contribution in [0.25, 0.3) is 11.1 Å². The molecule has 5 heteroatoms. The van der Waals surface area contributed by atoms with E-state index in [1.807, 2.05) is 56.3 Å². The molecule has 1 aliphatic rings. The summed E-state index contributed by atoms with van der Waals surface area (Å²) in [4.78, 5) is 24.8. The summed E-state index contributed by atoms with van der Waals surface area (Å²) in [5, 5.41) is 5.76. The van der Waals surface area contributed by atoms with Crippen molar-refractivity contribution in [1.29, 1.82) is 0 Å². The SMILES string of the molecule is CC1(C)COc2cc(NC(=O)c3ccc(-c4ccccc4)cc3)ccc2NC1=O. The molecule has 0 spiro atoms. The van der Waals surface area contributed by atoms with E-state index in [9.17, 15) is 9.59 Å². The number of benzene rings is 3. The van der Waals surface area contributed by atoms with Gasteiger partial charge in [0.2, 0.25) is 5.91 Å². The van der Waals surface area contributed by atoms with E-state index in [0.717, 1.165) is 11.1 Å². The molecule has 3 aromatic rings. The highest BCUT2D eigenvalue weighted by Crippen LogP contribution is 2.34. The van der Waals surface area contributed by atoms with Gasteiger partial charge in [0.15, 0.2) is 0 Å². The molecule has 29 heavy (non-hydrogen) atoms. The molecule has 5 nitrogen and oxygen atoms in total. The van der Waals surface area contributed by atoms with E-state index in [-0.39, 0.29) is 18.4 Å². The molecular formula is C24H22N2O3. The van der Waals surface area contributed by atoms with E-state index in [1.165, 1.54) is 0 Å². The van der Waals surface area contributed by atoms with Crippen LogP contribution in [0.2, 0.25) is 0 Å². The summed E-state index contributed by atoms with van der Waals surface area (Å²) >= 11 is 0. The predicted octanol–water partition coefficient (Wildman–Crippen LogP) is 4.96. The fourth-order valence-corrected chi connectivity index (χ4v) is 3.09. The Kier molecular flexibility index (Phi) is 4.80. The molecule has 2 N–H and O–H groups in total. The molecule has 0 saturated heterocycles. The van der Waals surface area contributed by atoms with Crippen LogP contribution in [0, 0.1) is 5.41 Å². The summed E-state index contributed by atoms with van der Waals surface area (Å²) < 4.78 is 5.79. The van der Waals surface area contributed by atoms with Crippen molar-refractivity contribution in [3.63, 3.8) is 0 Å². The maximum atomic E-state index is 12.6. The van der Waals surface area contributed by atoms with Gasteiger partial charge in [0.05, 0.1) is 11.1 Å². The highest BCUT2D eigenvalue weighted by molar-refractivity contribution is 6.05. The van der Waals surface area contributed by atoms with Crippen molar-refractivity contribution in [1.82, 2.24) is 0 Å². The highest BCUT2D eigenvalue weighted by atomic mass is 16.5. The van der Waals surface area contributed by atoms with E-state index in [2.05, 4.69) is 10.6 Å². The number of carbonyl (C=O) groups excluding carboxylic acids is 2. The number of nitrogens with one attached hydrogen (secondary N) is 2. The topological polar surface area (TPSA) is 67.4 Å². The highest BCUT2D eigenvalue weighted by Gasteiger charge is 2.32. The van der Waals surface area contributed by atoms with Crippen molar-refractivity contribution in [2.75, 3.05) is 17.2 Å². The standard InChI is InChI=1S/C24H22N2O3/c1-24(2)15-29-21-14-19(12-13-20(21)26-23(24)28)25-22(27)18-10-8-17(9-11-18)16-6-4-3-5-7-16/h3-14H,15H2,1-2H3,(H,25,27)(H,26,28). The first-order chi connectivity index (χ1) is 13.9. The third kappa shape index (κ3) is 3.99. The van der Waals surface area contributed by atoms with Crippen LogP contribution in [0.1, 0.15) is 24.2 Å². The molecule has 0 bridgehead atoms. The molecule has 1 heterocycles. The minimum atomic E-state index is -0.622. The number of amides is 2. The predicted molar refractivity (Wildman–Crippen MR) is 114 cm³/mol. The minimum absolute atomic E-state index is 0.0912. The molecular weight excluding hydrogens is 364 g/mol. The summed E-state index contributed by atoms with van der Waals surface area (Å²) in [6.45, 7) is 3.93. The molecule has 1 aliphatic heterocycles. The summed E-state index contributed by atoms with van der Waals surface area (Å²) in [6, 6.07) is 22.7. The molecule has 0 saturated carbocycles. The third-order valence-corrected chi connectivity index (χ3v) is 4.95. The Hall–Kier alpha value is -3.60. The summed E-state index contributed by atoms with van der Waals surface area (Å²) in [5.74, 6) is 0.246. The Morgan fingerprint density at radius 2 is 1.66 bits per heavy atom. The fraction of sp³-hybridized carbons (Fsp3) is 0.167. The molecule has 2 amide bonds. The Morgan fingerprint density at radius 3 is 2.38 bits per heavy atom. The van der Waals surface area contributed by atoms with Crippen molar-refractivity contribution >= 4 is 23.2 Å². The van der Waals surface area contributed by atoms with Crippen LogP contribution in [0.15, 0.2) is 72.8 Å². The lowest BCUT2D eigenvalue weighted by molar-refractivity contribution is -0.124. The number of rotatable bonds is 3. The monoisotopic (exact) mass is 386 g/mol. The molecule has 0 atom stereocenters. The lowest BCUT2D eigenvalue weighted by atomic mass is 9.94. The number of hydrogen-bond donors (Lipinski definition) is 2. The van der Waals surface area contributed by atoms with E-state index in [1.54, 1.807) is 30.3 Å². The van der Waals surface area contributed by atoms with Crippen LogP contribution >= 0.6 is 0 Å². The second kappa shape index (κ2) is 7.43. The zero-order valence-electron chi connectivity index (χ0n) is 16.4. The molecule has 146 valence electrons. The van der Waals surface area contributed by atoms with Gasteiger partial charge in [0, 0.05) is 17.3 Å². The normalized spacial score (nSPS) is 14.8. The van der Waals surface area contributed by atoms with Gasteiger partial charge in [-0.05, 0) is 49.2 Å². The summed E-state index contributed by atoms with van der Waals surface area (Å²) in [5.41, 5.74) is 3.31. The average Bonchev–Trinajstić information content (AvgIpc) is 2.85. The molecule has 0 fully saturated rings. The fourth-order valence-electron chi connectivity index (χ4n) is 3.09. The van der Waals surface area contributed by atoms with Crippen molar-refractivity contribution in [3.05, 3.63) is 78.4 Å². The van der Waals surface area contributed by atoms with Gasteiger partial charge in [-0.25, -0.2) is 0 Å². The van der Waals surface area contributed by atoms with Gasteiger partial charge < -0.3 is 15.4 Å². The third-order valence-electron chi connectivity index (χ3n) is 4.95. The zero-order valence-corrected chi connectivity index (χ0v) is 16.4. The van der Waals surface area contributed by atoms with E-state index in [0.29, 0.717) is 22.7 Å². The van der Waals surface area contributed by atoms with Gasteiger partial charge in [-0.1, -0.05) is 42.5 Å². The summed E-state index contributed by atoms with van der Waals surface area (Å²) in [6.07, 6.45) is 0. The largest absolute Gasteiger partial charge is 0.490 e. The van der Waals surface area contributed by atoms with Gasteiger partial charge in [0.25, 0.3) is 5.91 Å². The Bertz CT molecular complexity index is 1060. The second-order valence-electron chi connectivity index (χ2n) is 7.74. The van der Waals surface area contributed by atoms with Crippen LogP contribution in [0.4, 0.5) is 11.4 Å². The number of anilines is 2. The maximum absolute atomic E-state index is 12.6. The maximum Gasteiger partial charge on any atom is 0.255 e. The lowest BCUT2D eigenvalue weighted by Crippen LogP contribution is -2.33. The molecule has 0 radical (unpaired) electrons. The smallest absolute Gasteiger partial charge is 0.255 e. The minimum Gasteiger partial charge on any atom is -0.490 e. The molecule has 4 rings (SSSR count). The van der Waals surface area contributed by atoms with Gasteiger partial charge in [-0.2, -0.15) is 0 Å². The summed E-state index contributed by atoms with van der Waals surface area (Å²) in [7, 11) is 0.